The molecule has 0 saturated heterocycles. The zero-order chi connectivity index (χ0) is 15.2. The van der Waals surface area contributed by atoms with Crippen LogP contribution in [0.25, 0.3) is 10.1 Å². The van der Waals surface area contributed by atoms with Gasteiger partial charge in [-0.1, -0.05) is 18.2 Å². The number of rotatable bonds is 6. The van der Waals surface area contributed by atoms with Crippen molar-refractivity contribution in [1.82, 2.24) is 9.97 Å². The summed E-state index contributed by atoms with van der Waals surface area (Å²) in [5.74, 6) is 0.276. The van der Waals surface area contributed by atoms with Crippen molar-refractivity contribution in [3.8, 4) is 0 Å². The average molecular weight is 313 g/mol. The first-order valence-electron chi connectivity index (χ1n) is 6.94. The summed E-state index contributed by atoms with van der Waals surface area (Å²) < 4.78 is 6.52. The van der Waals surface area contributed by atoms with Crippen LogP contribution < -0.4 is 5.32 Å². The molecule has 2 aromatic heterocycles. The van der Waals surface area contributed by atoms with Crippen LogP contribution >= 0.6 is 11.3 Å². The van der Waals surface area contributed by atoms with Gasteiger partial charge in [-0.25, -0.2) is 9.97 Å². The third-order valence-corrected chi connectivity index (χ3v) is 4.14. The van der Waals surface area contributed by atoms with Crippen molar-refractivity contribution in [2.75, 3.05) is 11.9 Å². The van der Waals surface area contributed by atoms with E-state index >= 15 is 0 Å². The monoisotopic (exact) mass is 313 g/mol. The summed E-state index contributed by atoms with van der Waals surface area (Å²) in [6, 6.07) is 9.85. The fourth-order valence-corrected chi connectivity index (χ4v) is 2.99. The number of hydrogen-bond donors (Lipinski definition) is 1. The number of nitrogens with zero attached hydrogens (tertiary/aromatic N) is 2. The van der Waals surface area contributed by atoms with Crippen LogP contribution in [-0.4, -0.2) is 22.5 Å². The Kier molecular flexibility index (Phi) is 4.60. The molecule has 2 heterocycles. The van der Waals surface area contributed by atoms with E-state index in [0.717, 1.165) is 10.9 Å². The number of nitrogens with one attached hydrogen (secondary N) is 1. The molecular formula is C16H15N3O2S. The maximum absolute atomic E-state index is 11.8. The second kappa shape index (κ2) is 7.00. The van der Waals surface area contributed by atoms with Gasteiger partial charge < -0.3 is 10.1 Å². The SMILES string of the molecule is O=C(CCNc1ncccn1)OCc1csc2ccccc12. The maximum atomic E-state index is 11.8. The minimum Gasteiger partial charge on any atom is -0.461 e. The second-order valence-corrected chi connectivity index (χ2v) is 5.58. The number of fused-ring (bicyclic) bond motifs is 1. The van der Waals surface area contributed by atoms with Crippen LogP contribution in [0.15, 0.2) is 48.1 Å². The third-order valence-electron chi connectivity index (χ3n) is 3.13. The lowest BCUT2D eigenvalue weighted by Crippen LogP contribution is -2.12. The van der Waals surface area contributed by atoms with Gasteiger partial charge in [0, 0.05) is 29.2 Å². The van der Waals surface area contributed by atoms with E-state index in [-0.39, 0.29) is 12.4 Å². The van der Waals surface area contributed by atoms with Gasteiger partial charge in [-0.15, -0.1) is 11.3 Å². The zero-order valence-electron chi connectivity index (χ0n) is 11.9. The van der Waals surface area contributed by atoms with Gasteiger partial charge in [0.1, 0.15) is 6.61 Å². The van der Waals surface area contributed by atoms with Crippen LogP contribution in [0, 0.1) is 0 Å². The largest absolute Gasteiger partial charge is 0.461 e. The van der Waals surface area contributed by atoms with Crippen LogP contribution in [0.5, 0.6) is 0 Å². The lowest BCUT2D eigenvalue weighted by molar-refractivity contribution is -0.144. The molecule has 0 radical (unpaired) electrons. The minimum absolute atomic E-state index is 0.237. The molecule has 5 nitrogen and oxygen atoms in total. The highest BCUT2D eigenvalue weighted by Crippen LogP contribution is 2.26. The van der Waals surface area contributed by atoms with E-state index in [9.17, 15) is 4.79 Å². The molecular weight excluding hydrogens is 298 g/mol. The lowest BCUT2D eigenvalue weighted by atomic mass is 10.2. The summed E-state index contributed by atoms with van der Waals surface area (Å²) in [4.78, 5) is 19.8. The van der Waals surface area contributed by atoms with Gasteiger partial charge in [-0.2, -0.15) is 0 Å². The fourth-order valence-electron chi connectivity index (χ4n) is 2.04. The van der Waals surface area contributed by atoms with E-state index in [1.807, 2.05) is 23.6 Å². The quantitative estimate of drug-likeness (QED) is 0.708. The molecule has 3 rings (SSSR count). The van der Waals surface area contributed by atoms with Gasteiger partial charge >= 0.3 is 5.97 Å². The van der Waals surface area contributed by atoms with E-state index in [1.165, 1.54) is 4.70 Å². The second-order valence-electron chi connectivity index (χ2n) is 4.67. The summed E-state index contributed by atoms with van der Waals surface area (Å²) in [5.41, 5.74) is 1.05. The Labute approximate surface area is 132 Å². The molecule has 0 aliphatic rings. The molecule has 0 saturated carbocycles. The molecule has 0 spiro atoms. The highest BCUT2D eigenvalue weighted by atomic mass is 32.1. The minimum atomic E-state index is -0.237. The smallest absolute Gasteiger partial charge is 0.307 e. The highest BCUT2D eigenvalue weighted by molar-refractivity contribution is 7.17. The molecule has 0 amide bonds. The molecule has 6 heteroatoms. The van der Waals surface area contributed by atoms with E-state index in [0.29, 0.717) is 19.1 Å². The van der Waals surface area contributed by atoms with Crippen molar-refractivity contribution in [1.29, 1.82) is 0 Å². The Hall–Kier alpha value is -2.47. The predicted molar refractivity (Wildman–Crippen MR) is 86.8 cm³/mol. The Morgan fingerprint density at radius 3 is 2.86 bits per heavy atom. The maximum Gasteiger partial charge on any atom is 0.307 e. The van der Waals surface area contributed by atoms with Crippen molar-refractivity contribution < 1.29 is 9.53 Å². The van der Waals surface area contributed by atoms with Crippen LogP contribution in [0.4, 0.5) is 5.95 Å². The Morgan fingerprint density at radius 1 is 1.18 bits per heavy atom. The van der Waals surface area contributed by atoms with Crippen molar-refractivity contribution in [3.63, 3.8) is 0 Å². The molecule has 112 valence electrons. The number of esters is 1. The van der Waals surface area contributed by atoms with Gasteiger partial charge in [-0.05, 0) is 22.9 Å². The molecule has 22 heavy (non-hydrogen) atoms. The molecule has 0 aliphatic carbocycles. The first kappa shape index (κ1) is 14.5. The van der Waals surface area contributed by atoms with Crippen molar-refractivity contribution in [2.45, 2.75) is 13.0 Å². The molecule has 0 bridgehead atoms. The van der Waals surface area contributed by atoms with E-state index < -0.39 is 0 Å². The van der Waals surface area contributed by atoms with Crippen LogP contribution in [0.2, 0.25) is 0 Å². The Bertz CT molecular complexity index is 758. The first-order valence-corrected chi connectivity index (χ1v) is 7.82. The number of thiophene rings is 1. The molecule has 1 aromatic carbocycles. The van der Waals surface area contributed by atoms with Gasteiger partial charge in [-0.3, -0.25) is 4.79 Å². The number of carbonyl (C=O) groups excluding carboxylic acids is 1. The first-order chi connectivity index (χ1) is 10.8. The number of hydrogen-bond acceptors (Lipinski definition) is 6. The molecule has 0 fully saturated rings. The topological polar surface area (TPSA) is 64.1 Å². The summed E-state index contributed by atoms with van der Waals surface area (Å²) in [6.07, 6.45) is 3.57. The van der Waals surface area contributed by atoms with E-state index in [4.69, 9.17) is 4.74 Å². The van der Waals surface area contributed by atoms with Gasteiger partial charge in [0.2, 0.25) is 5.95 Å². The van der Waals surface area contributed by atoms with E-state index in [2.05, 4.69) is 21.4 Å². The summed E-state index contributed by atoms with van der Waals surface area (Å²) in [5, 5.41) is 6.16. The van der Waals surface area contributed by atoms with Crippen LogP contribution in [0.1, 0.15) is 12.0 Å². The molecule has 3 aromatic rings. The standard InChI is InChI=1S/C16H15N3O2S/c20-15(6-9-19-16-17-7-3-8-18-16)21-10-12-11-22-14-5-2-1-4-13(12)14/h1-5,7-8,11H,6,9-10H2,(H,17,18,19). The molecule has 0 unspecified atom stereocenters. The number of carbonyl (C=O) groups is 1. The number of benzene rings is 1. The van der Waals surface area contributed by atoms with E-state index in [1.54, 1.807) is 29.8 Å². The molecule has 0 aliphatic heterocycles. The molecule has 1 N–H and O–H groups in total. The number of aromatic nitrogens is 2. The van der Waals surface area contributed by atoms with Gasteiger partial charge in [0.25, 0.3) is 0 Å². The number of anilines is 1. The zero-order valence-corrected chi connectivity index (χ0v) is 12.7. The van der Waals surface area contributed by atoms with Crippen LogP contribution in [-0.2, 0) is 16.1 Å². The fraction of sp³-hybridized carbons (Fsp3) is 0.188. The van der Waals surface area contributed by atoms with Crippen LogP contribution in [0.3, 0.4) is 0 Å². The lowest BCUT2D eigenvalue weighted by Gasteiger charge is -2.05. The average Bonchev–Trinajstić information content (AvgIpc) is 2.97. The van der Waals surface area contributed by atoms with Gasteiger partial charge in [0.05, 0.1) is 6.42 Å². The Morgan fingerprint density at radius 2 is 2.00 bits per heavy atom. The van der Waals surface area contributed by atoms with Crippen molar-refractivity contribution in [2.24, 2.45) is 0 Å². The Balaban J connectivity index is 1.46. The highest BCUT2D eigenvalue weighted by Gasteiger charge is 2.07. The van der Waals surface area contributed by atoms with Crippen molar-refractivity contribution >= 4 is 33.3 Å². The predicted octanol–water partition coefficient (Wildman–Crippen LogP) is 3.24. The van der Waals surface area contributed by atoms with Gasteiger partial charge in [0.15, 0.2) is 0 Å². The summed E-state index contributed by atoms with van der Waals surface area (Å²) in [7, 11) is 0. The summed E-state index contributed by atoms with van der Waals surface area (Å²) >= 11 is 1.66. The molecule has 0 atom stereocenters. The number of ether oxygens (including phenoxy) is 1. The third kappa shape index (κ3) is 3.59. The van der Waals surface area contributed by atoms with Crippen molar-refractivity contribution in [3.05, 3.63) is 53.7 Å². The normalized spacial score (nSPS) is 10.5. The summed E-state index contributed by atoms with van der Waals surface area (Å²) in [6.45, 7) is 0.762.